The van der Waals surface area contributed by atoms with Crippen LogP contribution in [-0.4, -0.2) is 44.7 Å². The van der Waals surface area contributed by atoms with Gasteiger partial charge in [-0.2, -0.15) is 0 Å². The zero-order chi connectivity index (χ0) is 18.9. The van der Waals surface area contributed by atoms with E-state index in [1.807, 2.05) is 6.08 Å². The normalized spacial score (nSPS) is 16.3. The van der Waals surface area contributed by atoms with Crippen LogP contribution in [-0.2, 0) is 4.79 Å². The molecular weight excluding hydrogens is 320 g/mol. The molecule has 0 spiro atoms. The first-order valence-corrected chi connectivity index (χ1v) is 8.91. The molecule has 3 atom stereocenters. The number of aliphatic hydroxyl groups excluding tert-OH is 3. The molecule has 0 rings (SSSR count). The van der Waals surface area contributed by atoms with E-state index in [0.29, 0.717) is 6.42 Å². The van der Waals surface area contributed by atoms with Gasteiger partial charge in [0.25, 0.3) is 0 Å². The molecule has 0 aliphatic heterocycles. The second kappa shape index (κ2) is 15.8. The van der Waals surface area contributed by atoms with Gasteiger partial charge in [-0.15, -0.1) is 0 Å². The highest BCUT2D eigenvalue weighted by Gasteiger charge is 2.12. The van der Waals surface area contributed by atoms with Gasteiger partial charge in [-0.1, -0.05) is 74.8 Å². The lowest BCUT2D eigenvalue weighted by Gasteiger charge is -2.13. The van der Waals surface area contributed by atoms with Crippen molar-refractivity contribution in [1.82, 2.24) is 0 Å². The van der Waals surface area contributed by atoms with Gasteiger partial charge in [0, 0.05) is 6.42 Å². The number of allylic oxidation sites excluding steroid dienone is 6. The molecule has 0 bridgehead atoms. The van der Waals surface area contributed by atoms with E-state index in [1.54, 1.807) is 36.5 Å². The number of hydrogen-bond acceptors (Lipinski definition) is 4. The van der Waals surface area contributed by atoms with Crippen LogP contribution >= 0.6 is 0 Å². The Balaban J connectivity index is 3.97. The number of rotatable bonds is 14. The number of aliphatic carboxylic acids is 1. The van der Waals surface area contributed by atoms with Crippen LogP contribution in [0.15, 0.2) is 48.6 Å². The Bertz CT molecular complexity index is 451. The fraction of sp³-hybridized carbons (Fsp3) is 0.550. The summed E-state index contributed by atoms with van der Waals surface area (Å²) in [5, 5.41) is 37.6. The van der Waals surface area contributed by atoms with E-state index in [0.717, 1.165) is 25.7 Å². The maximum atomic E-state index is 10.4. The Hall–Kier alpha value is -1.69. The number of carbonyl (C=O) groups is 1. The van der Waals surface area contributed by atoms with E-state index in [1.165, 1.54) is 6.08 Å². The predicted molar refractivity (Wildman–Crippen MR) is 100 cm³/mol. The van der Waals surface area contributed by atoms with Crippen molar-refractivity contribution in [3.8, 4) is 0 Å². The number of unbranched alkanes of at least 4 members (excludes halogenated alkanes) is 2. The summed E-state index contributed by atoms with van der Waals surface area (Å²) in [6.45, 7) is 2.13. The van der Waals surface area contributed by atoms with E-state index in [4.69, 9.17) is 5.11 Å². The van der Waals surface area contributed by atoms with Gasteiger partial charge in [0.15, 0.2) is 0 Å². The van der Waals surface area contributed by atoms with Gasteiger partial charge in [-0.25, -0.2) is 0 Å². The molecule has 0 aromatic heterocycles. The van der Waals surface area contributed by atoms with Crippen LogP contribution in [0.2, 0.25) is 0 Å². The van der Waals surface area contributed by atoms with Gasteiger partial charge in [-0.3, -0.25) is 4.79 Å². The molecule has 5 nitrogen and oxygen atoms in total. The molecule has 2 unspecified atom stereocenters. The van der Waals surface area contributed by atoms with Crippen molar-refractivity contribution in [3.63, 3.8) is 0 Å². The molecule has 0 aromatic rings. The number of hydrogen-bond donors (Lipinski definition) is 4. The predicted octanol–water partition coefficient (Wildman–Crippen LogP) is 3.13. The number of carboxylic acid groups (broad SMARTS) is 1. The van der Waals surface area contributed by atoms with Gasteiger partial charge in [0.05, 0.1) is 18.3 Å². The first-order valence-electron chi connectivity index (χ1n) is 8.91. The second-order valence-electron chi connectivity index (χ2n) is 5.95. The molecular formula is C20H32O5. The molecule has 0 heterocycles. The van der Waals surface area contributed by atoms with Crippen molar-refractivity contribution in [1.29, 1.82) is 0 Å². The lowest BCUT2D eigenvalue weighted by atomic mass is 10.1. The van der Waals surface area contributed by atoms with Crippen LogP contribution in [0.3, 0.4) is 0 Å². The highest BCUT2D eigenvalue weighted by molar-refractivity contribution is 5.66. The lowest BCUT2D eigenvalue weighted by molar-refractivity contribution is -0.137. The first kappa shape index (κ1) is 23.3. The molecule has 0 aromatic carbocycles. The fourth-order valence-corrected chi connectivity index (χ4v) is 2.09. The molecule has 25 heavy (non-hydrogen) atoms. The largest absolute Gasteiger partial charge is 0.481 e. The SMILES string of the molecule is CCCCCC(O)/C=C/C=C\C=C\C=C\C(O)[C@H](O)CCCC(=O)O. The van der Waals surface area contributed by atoms with E-state index < -0.39 is 24.3 Å². The zero-order valence-corrected chi connectivity index (χ0v) is 15.0. The molecule has 0 amide bonds. The van der Waals surface area contributed by atoms with Crippen LogP contribution in [0.25, 0.3) is 0 Å². The van der Waals surface area contributed by atoms with E-state index >= 15 is 0 Å². The van der Waals surface area contributed by atoms with E-state index in [-0.39, 0.29) is 12.8 Å². The average Bonchev–Trinajstić information content (AvgIpc) is 2.56. The molecule has 0 saturated heterocycles. The summed E-state index contributed by atoms with van der Waals surface area (Å²) < 4.78 is 0. The summed E-state index contributed by atoms with van der Waals surface area (Å²) in [4.78, 5) is 10.4. The molecule has 0 aliphatic carbocycles. The topological polar surface area (TPSA) is 98.0 Å². The van der Waals surface area contributed by atoms with E-state index in [9.17, 15) is 20.1 Å². The monoisotopic (exact) mass is 352 g/mol. The molecule has 0 radical (unpaired) electrons. The van der Waals surface area contributed by atoms with Crippen LogP contribution in [0.5, 0.6) is 0 Å². The van der Waals surface area contributed by atoms with Gasteiger partial charge in [0.2, 0.25) is 0 Å². The number of aliphatic hydroxyl groups is 3. The van der Waals surface area contributed by atoms with Gasteiger partial charge in [-0.05, 0) is 19.3 Å². The van der Waals surface area contributed by atoms with Crippen LogP contribution in [0.1, 0.15) is 51.9 Å². The second-order valence-corrected chi connectivity index (χ2v) is 5.95. The van der Waals surface area contributed by atoms with Crippen LogP contribution in [0.4, 0.5) is 0 Å². The maximum Gasteiger partial charge on any atom is 0.303 e. The highest BCUT2D eigenvalue weighted by atomic mass is 16.4. The summed E-state index contributed by atoms with van der Waals surface area (Å²) >= 11 is 0. The summed E-state index contributed by atoms with van der Waals surface area (Å²) in [7, 11) is 0. The van der Waals surface area contributed by atoms with Crippen molar-refractivity contribution in [2.75, 3.05) is 0 Å². The third-order valence-corrected chi connectivity index (χ3v) is 3.59. The number of carboxylic acids is 1. The van der Waals surface area contributed by atoms with Crippen molar-refractivity contribution in [3.05, 3.63) is 48.6 Å². The fourth-order valence-electron chi connectivity index (χ4n) is 2.09. The average molecular weight is 352 g/mol. The van der Waals surface area contributed by atoms with Crippen LogP contribution in [0, 0.1) is 0 Å². The minimum absolute atomic E-state index is 0.0149. The Labute approximate surface area is 150 Å². The summed E-state index contributed by atoms with van der Waals surface area (Å²) in [6, 6.07) is 0. The third kappa shape index (κ3) is 15.6. The Morgan fingerprint density at radius 3 is 2.04 bits per heavy atom. The minimum atomic E-state index is -1.01. The lowest BCUT2D eigenvalue weighted by Crippen LogP contribution is -2.23. The van der Waals surface area contributed by atoms with Gasteiger partial charge in [0.1, 0.15) is 0 Å². The molecule has 4 N–H and O–H groups in total. The zero-order valence-electron chi connectivity index (χ0n) is 15.0. The van der Waals surface area contributed by atoms with Crippen molar-refractivity contribution >= 4 is 5.97 Å². The highest BCUT2D eigenvalue weighted by Crippen LogP contribution is 2.06. The third-order valence-electron chi connectivity index (χ3n) is 3.59. The molecule has 0 saturated carbocycles. The maximum absolute atomic E-state index is 10.4. The molecule has 5 heteroatoms. The van der Waals surface area contributed by atoms with Crippen LogP contribution < -0.4 is 0 Å². The van der Waals surface area contributed by atoms with Crippen molar-refractivity contribution in [2.24, 2.45) is 0 Å². The standard InChI is InChI=1S/C20H32O5/c1-2-3-8-12-17(21)13-9-6-4-5-7-10-14-18(22)19(23)15-11-16-20(24)25/h4-7,9-10,13-14,17-19,21-23H,2-3,8,11-12,15-16H2,1H3,(H,24,25)/b6-4-,7-5+,13-9+,14-10+/t17?,18?,19-/m1/s1. The molecule has 142 valence electrons. The Morgan fingerprint density at radius 2 is 1.44 bits per heavy atom. The Morgan fingerprint density at radius 1 is 0.840 bits per heavy atom. The summed E-state index contributed by atoms with van der Waals surface area (Å²) in [6.07, 6.45) is 16.0. The summed E-state index contributed by atoms with van der Waals surface area (Å²) in [5.74, 6) is -0.908. The van der Waals surface area contributed by atoms with Crippen molar-refractivity contribution < 1.29 is 25.2 Å². The first-order chi connectivity index (χ1) is 12.0. The minimum Gasteiger partial charge on any atom is -0.481 e. The molecule has 0 aliphatic rings. The molecule has 0 fully saturated rings. The summed E-state index contributed by atoms with van der Waals surface area (Å²) in [5.41, 5.74) is 0. The van der Waals surface area contributed by atoms with E-state index in [2.05, 4.69) is 6.92 Å². The Kier molecular flexibility index (Phi) is 14.7. The smallest absolute Gasteiger partial charge is 0.303 e. The quantitative estimate of drug-likeness (QED) is 0.284. The van der Waals surface area contributed by atoms with Crippen molar-refractivity contribution in [2.45, 2.75) is 70.2 Å². The van der Waals surface area contributed by atoms with Gasteiger partial charge < -0.3 is 20.4 Å². The van der Waals surface area contributed by atoms with Gasteiger partial charge >= 0.3 is 5.97 Å².